The molecular weight excluding hydrogens is 308 g/mol. The third-order valence-corrected chi connectivity index (χ3v) is 3.98. The lowest BCUT2D eigenvalue weighted by atomic mass is 9.95. The summed E-state index contributed by atoms with van der Waals surface area (Å²) in [4.78, 5) is 13.8. The third kappa shape index (κ3) is 8.85. The summed E-state index contributed by atoms with van der Waals surface area (Å²) in [5.41, 5.74) is -0.516. The molecule has 0 bridgehead atoms. The molecule has 1 saturated heterocycles. The molecule has 0 atom stereocenters. The summed E-state index contributed by atoms with van der Waals surface area (Å²) in [7, 11) is 0. The van der Waals surface area contributed by atoms with Gasteiger partial charge in [0.15, 0.2) is 0 Å². The van der Waals surface area contributed by atoms with E-state index in [0.29, 0.717) is 13.1 Å². The summed E-state index contributed by atoms with van der Waals surface area (Å²) in [6.07, 6.45) is 2.69. The highest BCUT2D eigenvalue weighted by Gasteiger charge is 2.27. The SMILES string of the molecule is CC(C)(CO)CNCCCOC1CCN(C(=O)OC(C)(C)C)CC1. The number of ether oxygens (including phenoxy) is 2. The van der Waals surface area contributed by atoms with Gasteiger partial charge in [0.05, 0.1) is 6.10 Å². The molecule has 6 heteroatoms. The highest BCUT2D eigenvalue weighted by Crippen LogP contribution is 2.17. The minimum absolute atomic E-state index is 0.0741. The van der Waals surface area contributed by atoms with Gasteiger partial charge in [-0.25, -0.2) is 4.79 Å². The molecule has 0 radical (unpaired) electrons. The highest BCUT2D eigenvalue weighted by atomic mass is 16.6. The van der Waals surface area contributed by atoms with Crippen LogP contribution in [0.2, 0.25) is 0 Å². The van der Waals surface area contributed by atoms with Crippen LogP contribution in [0.5, 0.6) is 0 Å². The van der Waals surface area contributed by atoms with Gasteiger partial charge >= 0.3 is 6.09 Å². The Morgan fingerprint density at radius 1 is 1.21 bits per heavy atom. The number of likely N-dealkylation sites (tertiary alicyclic amines) is 1. The van der Waals surface area contributed by atoms with E-state index in [0.717, 1.165) is 39.0 Å². The summed E-state index contributed by atoms with van der Waals surface area (Å²) in [5.74, 6) is 0. The Balaban J connectivity index is 2.09. The molecule has 0 unspecified atom stereocenters. The summed E-state index contributed by atoms with van der Waals surface area (Å²) >= 11 is 0. The van der Waals surface area contributed by atoms with Gasteiger partial charge < -0.3 is 24.8 Å². The van der Waals surface area contributed by atoms with Crippen molar-refractivity contribution in [2.45, 2.75) is 65.6 Å². The standard InChI is InChI=1S/C18H36N2O4/c1-17(2,3)24-16(22)20-10-7-15(8-11-20)23-12-6-9-19-13-18(4,5)14-21/h15,19,21H,6-14H2,1-5H3. The quantitative estimate of drug-likeness (QED) is 0.662. The van der Waals surface area contributed by atoms with E-state index in [1.165, 1.54) is 0 Å². The fraction of sp³-hybridized carbons (Fsp3) is 0.944. The van der Waals surface area contributed by atoms with E-state index in [1.54, 1.807) is 4.90 Å². The predicted molar refractivity (Wildman–Crippen MR) is 95.1 cm³/mol. The van der Waals surface area contributed by atoms with Crippen LogP contribution in [0.1, 0.15) is 53.9 Å². The van der Waals surface area contributed by atoms with E-state index in [2.05, 4.69) is 5.32 Å². The number of carbonyl (C=O) groups is 1. The molecular formula is C18H36N2O4. The molecule has 1 aliphatic rings. The number of hydrogen-bond acceptors (Lipinski definition) is 5. The molecule has 0 aromatic heterocycles. The Morgan fingerprint density at radius 3 is 2.38 bits per heavy atom. The van der Waals surface area contributed by atoms with Crippen LogP contribution in [-0.4, -0.2) is 67.2 Å². The Hall–Kier alpha value is -0.850. The number of rotatable bonds is 8. The van der Waals surface area contributed by atoms with Crippen LogP contribution in [0.4, 0.5) is 4.79 Å². The molecule has 0 aromatic carbocycles. The van der Waals surface area contributed by atoms with Crippen LogP contribution in [0.15, 0.2) is 0 Å². The van der Waals surface area contributed by atoms with Crippen molar-refractivity contribution < 1.29 is 19.4 Å². The van der Waals surface area contributed by atoms with Crippen molar-refractivity contribution in [2.75, 3.05) is 39.4 Å². The van der Waals surface area contributed by atoms with Crippen LogP contribution < -0.4 is 5.32 Å². The summed E-state index contributed by atoms with van der Waals surface area (Å²) in [6.45, 7) is 13.7. The number of piperidine rings is 1. The average molecular weight is 344 g/mol. The number of nitrogens with zero attached hydrogens (tertiary/aromatic N) is 1. The predicted octanol–water partition coefficient (Wildman–Crippen LogP) is 2.40. The largest absolute Gasteiger partial charge is 0.444 e. The molecule has 1 rings (SSSR count). The molecule has 1 heterocycles. The maximum atomic E-state index is 12.0. The number of hydrogen-bond donors (Lipinski definition) is 2. The second-order valence-corrected chi connectivity index (χ2v) is 8.39. The average Bonchev–Trinajstić information content (AvgIpc) is 2.49. The van der Waals surface area contributed by atoms with Gasteiger partial charge in [-0.2, -0.15) is 0 Å². The smallest absolute Gasteiger partial charge is 0.410 e. The maximum Gasteiger partial charge on any atom is 0.410 e. The van der Waals surface area contributed by atoms with Gasteiger partial charge in [0, 0.05) is 38.3 Å². The van der Waals surface area contributed by atoms with Crippen LogP contribution in [0.25, 0.3) is 0 Å². The van der Waals surface area contributed by atoms with Crippen LogP contribution in [-0.2, 0) is 9.47 Å². The molecule has 1 fully saturated rings. The van der Waals surface area contributed by atoms with E-state index in [-0.39, 0.29) is 24.2 Å². The maximum absolute atomic E-state index is 12.0. The molecule has 24 heavy (non-hydrogen) atoms. The van der Waals surface area contributed by atoms with Crippen molar-refractivity contribution in [2.24, 2.45) is 5.41 Å². The zero-order valence-electron chi connectivity index (χ0n) is 16.1. The molecule has 6 nitrogen and oxygen atoms in total. The number of nitrogens with one attached hydrogen (secondary N) is 1. The summed E-state index contributed by atoms with van der Waals surface area (Å²) < 4.78 is 11.3. The van der Waals surface area contributed by atoms with E-state index >= 15 is 0 Å². The molecule has 142 valence electrons. The van der Waals surface area contributed by atoms with Crippen molar-refractivity contribution in [1.29, 1.82) is 0 Å². The van der Waals surface area contributed by atoms with Gasteiger partial charge in [-0.3, -0.25) is 0 Å². The monoisotopic (exact) mass is 344 g/mol. The Labute approximate surface area is 146 Å². The third-order valence-electron chi connectivity index (χ3n) is 3.98. The van der Waals surface area contributed by atoms with E-state index in [9.17, 15) is 9.90 Å². The Bertz CT molecular complexity index is 372. The van der Waals surface area contributed by atoms with E-state index < -0.39 is 5.60 Å². The fourth-order valence-corrected chi connectivity index (χ4v) is 2.46. The molecule has 0 spiro atoms. The lowest BCUT2D eigenvalue weighted by Crippen LogP contribution is -2.43. The molecule has 0 aliphatic carbocycles. The van der Waals surface area contributed by atoms with Crippen molar-refractivity contribution >= 4 is 6.09 Å². The van der Waals surface area contributed by atoms with Gasteiger partial charge in [-0.1, -0.05) is 13.8 Å². The Kier molecular flexibility index (Phi) is 8.46. The molecule has 0 aromatic rings. The number of aliphatic hydroxyl groups excluding tert-OH is 1. The van der Waals surface area contributed by atoms with E-state index in [4.69, 9.17) is 9.47 Å². The van der Waals surface area contributed by atoms with Crippen LogP contribution in [0, 0.1) is 5.41 Å². The molecule has 1 amide bonds. The first kappa shape index (κ1) is 21.2. The Morgan fingerprint density at radius 2 is 1.83 bits per heavy atom. The highest BCUT2D eigenvalue weighted by molar-refractivity contribution is 5.68. The van der Waals surface area contributed by atoms with Crippen molar-refractivity contribution in [3.63, 3.8) is 0 Å². The minimum atomic E-state index is -0.442. The van der Waals surface area contributed by atoms with Gasteiger partial charge in [0.25, 0.3) is 0 Å². The van der Waals surface area contributed by atoms with Crippen molar-refractivity contribution in [3.8, 4) is 0 Å². The topological polar surface area (TPSA) is 71.0 Å². The van der Waals surface area contributed by atoms with Gasteiger partial charge in [-0.05, 0) is 46.6 Å². The van der Waals surface area contributed by atoms with Crippen molar-refractivity contribution in [1.82, 2.24) is 10.2 Å². The van der Waals surface area contributed by atoms with Crippen LogP contribution in [0.3, 0.4) is 0 Å². The van der Waals surface area contributed by atoms with E-state index in [1.807, 2.05) is 34.6 Å². The lowest BCUT2D eigenvalue weighted by molar-refractivity contribution is -0.0118. The number of amides is 1. The second kappa shape index (κ2) is 9.59. The zero-order valence-corrected chi connectivity index (χ0v) is 16.1. The normalized spacial score (nSPS) is 17.2. The first-order chi connectivity index (χ1) is 11.1. The van der Waals surface area contributed by atoms with Gasteiger partial charge in [0.2, 0.25) is 0 Å². The van der Waals surface area contributed by atoms with Crippen LogP contribution >= 0.6 is 0 Å². The number of carbonyl (C=O) groups excluding carboxylic acids is 1. The molecule has 2 N–H and O–H groups in total. The summed E-state index contributed by atoms with van der Waals surface area (Å²) in [5, 5.41) is 12.5. The second-order valence-electron chi connectivity index (χ2n) is 8.39. The molecule has 0 saturated carbocycles. The lowest BCUT2D eigenvalue weighted by Gasteiger charge is -2.33. The minimum Gasteiger partial charge on any atom is -0.444 e. The molecule has 1 aliphatic heterocycles. The van der Waals surface area contributed by atoms with Crippen molar-refractivity contribution in [3.05, 3.63) is 0 Å². The fourth-order valence-electron chi connectivity index (χ4n) is 2.46. The summed E-state index contributed by atoms with van der Waals surface area (Å²) in [6, 6.07) is 0. The van der Waals surface area contributed by atoms with Gasteiger partial charge in [-0.15, -0.1) is 0 Å². The zero-order chi connectivity index (χ0) is 18.2. The first-order valence-electron chi connectivity index (χ1n) is 9.04. The first-order valence-corrected chi connectivity index (χ1v) is 9.04. The van der Waals surface area contributed by atoms with Gasteiger partial charge in [0.1, 0.15) is 5.60 Å². The number of aliphatic hydroxyl groups is 1.